The van der Waals surface area contributed by atoms with Crippen LogP contribution in [0, 0.1) is 11.3 Å². The molecule has 2 atom stereocenters. The second kappa shape index (κ2) is 7.91. The van der Waals surface area contributed by atoms with E-state index in [4.69, 9.17) is 11.6 Å². The highest BCUT2D eigenvalue weighted by atomic mass is 35.5. The second-order valence-electron chi connectivity index (χ2n) is 9.08. The number of hydrogen-bond acceptors (Lipinski definition) is 4. The third-order valence-electron chi connectivity index (χ3n) is 5.65. The van der Waals surface area contributed by atoms with Gasteiger partial charge >= 0.3 is 6.03 Å². The Kier molecular flexibility index (Phi) is 5.82. The molecule has 2 aliphatic rings. The number of amides is 5. The first-order valence-electron chi connectivity index (χ1n) is 9.92. The highest BCUT2D eigenvalue weighted by molar-refractivity contribution is 6.34. The largest absolute Gasteiger partial charge is 0.355 e. The van der Waals surface area contributed by atoms with Crippen LogP contribution in [-0.4, -0.2) is 47.8 Å². The van der Waals surface area contributed by atoms with Crippen LogP contribution in [0.4, 0.5) is 10.5 Å². The quantitative estimate of drug-likeness (QED) is 0.633. The number of imide groups is 1. The lowest BCUT2D eigenvalue weighted by atomic mass is 9.64. The molecule has 0 aromatic heterocycles. The SMILES string of the molecule is CNC(=O)c1cc(NC(=O)CN2C(=O)N[C@]3(C[C@H](C)CC(C)(C)C3)C2=O)ccc1Cl. The summed E-state index contributed by atoms with van der Waals surface area (Å²) in [6, 6.07) is 3.93. The molecule has 5 amide bonds. The molecule has 1 aliphatic heterocycles. The Morgan fingerprint density at radius 3 is 2.60 bits per heavy atom. The molecule has 9 heteroatoms. The van der Waals surface area contributed by atoms with Crippen LogP contribution in [0.15, 0.2) is 18.2 Å². The van der Waals surface area contributed by atoms with E-state index in [2.05, 4.69) is 36.7 Å². The van der Waals surface area contributed by atoms with Gasteiger partial charge in [0.05, 0.1) is 10.6 Å². The predicted molar refractivity (Wildman–Crippen MR) is 113 cm³/mol. The lowest BCUT2D eigenvalue weighted by molar-refractivity contribution is -0.136. The summed E-state index contributed by atoms with van der Waals surface area (Å²) in [6.45, 7) is 5.84. The first-order chi connectivity index (χ1) is 14.0. The van der Waals surface area contributed by atoms with Crippen molar-refractivity contribution < 1.29 is 19.2 Å². The Labute approximate surface area is 180 Å². The lowest BCUT2D eigenvalue weighted by Gasteiger charge is -2.43. The maximum atomic E-state index is 13.1. The van der Waals surface area contributed by atoms with Gasteiger partial charge in [0.25, 0.3) is 11.8 Å². The summed E-state index contributed by atoms with van der Waals surface area (Å²) in [7, 11) is 1.48. The maximum absolute atomic E-state index is 13.1. The van der Waals surface area contributed by atoms with Crippen LogP contribution in [0.2, 0.25) is 5.02 Å². The van der Waals surface area contributed by atoms with Crippen LogP contribution in [0.25, 0.3) is 0 Å². The topological polar surface area (TPSA) is 108 Å². The third kappa shape index (κ3) is 4.28. The van der Waals surface area contributed by atoms with Crippen LogP contribution in [0.1, 0.15) is 50.4 Å². The monoisotopic (exact) mass is 434 g/mol. The molecule has 3 N–H and O–H groups in total. The van der Waals surface area contributed by atoms with Gasteiger partial charge in [0.2, 0.25) is 5.91 Å². The van der Waals surface area contributed by atoms with Crippen molar-refractivity contribution in [1.29, 1.82) is 0 Å². The fraction of sp³-hybridized carbons (Fsp3) is 0.524. The van der Waals surface area contributed by atoms with E-state index in [9.17, 15) is 19.2 Å². The highest BCUT2D eigenvalue weighted by Crippen LogP contribution is 2.46. The van der Waals surface area contributed by atoms with Crippen molar-refractivity contribution in [2.75, 3.05) is 18.9 Å². The van der Waals surface area contributed by atoms with E-state index in [0.717, 1.165) is 11.3 Å². The molecule has 0 bridgehead atoms. The van der Waals surface area contributed by atoms with Crippen molar-refractivity contribution in [3.8, 4) is 0 Å². The number of benzene rings is 1. The molecule has 1 saturated carbocycles. The average molecular weight is 435 g/mol. The third-order valence-corrected chi connectivity index (χ3v) is 5.98. The van der Waals surface area contributed by atoms with Gasteiger partial charge in [-0.3, -0.25) is 19.3 Å². The highest BCUT2D eigenvalue weighted by Gasteiger charge is 2.56. The number of urea groups is 1. The Bertz CT molecular complexity index is 916. The Morgan fingerprint density at radius 2 is 1.97 bits per heavy atom. The number of halogens is 1. The van der Waals surface area contributed by atoms with Crippen LogP contribution >= 0.6 is 11.6 Å². The number of nitrogens with one attached hydrogen (secondary N) is 3. The number of nitrogens with zero attached hydrogens (tertiary/aromatic N) is 1. The minimum Gasteiger partial charge on any atom is -0.355 e. The summed E-state index contributed by atoms with van der Waals surface area (Å²) in [5.41, 5.74) is -0.481. The van der Waals surface area contributed by atoms with E-state index in [-0.39, 0.29) is 33.7 Å². The fourth-order valence-electron chi connectivity index (χ4n) is 4.91. The van der Waals surface area contributed by atoms with Gasteiger partial charge in [-0.25, -0.2) is 4.79 Å². The summed E-state index contributed by atoms with van der Waals surface area (Å²) < 4.78 is 0. The lowest BCUT2D eigenvalue weighted by Crippen LogP contribution is -2.54. The molecule has 1 aromatic carbocycles. The van der Waals surface area contributed by atoms with Gasteiger partial charge in [-0.05, 0) is 48.8 Å². The molecular formula is C21H27ClN4O4. The molecule has 30 heavy (non-hydrogen) atoms. The fourth-order valence-corrected chi connectivity index (χ4v) is 5.11. The Hall–Kier alpha value is -2.61. The number of anilines is 1. The van der Waals surface area contributed by atoms with Crippen molar-refractivity contribution in [1.82, 2.24) is 15.5 Å². The molecule has 3 rings (SSSR count). The van der Waals surface area contributed by atoms with Gasteiger partial charge in [0.15, 0.2) is 0 Å². The van der Waals surface area contributed by atoms with E-state index in [1.807, 2.05) is 0 Å². The molecule has 2 fully saturated rings. The van der Waals surface area contributed by atoms with Gasteiger partial charge in [-0.15, -0.1) is 0 Å². The second-order valence-corrected chi connectivity index (χ2v) is 9.49. The van der Waals surface area contributed by atoms with E-state index in [0.29, 0.717) is 18.5 Å². The van der Waals surface area contributed by atoms with E-state index >= 15 is 0 Å². The Balaban J connectivity index is 1.72. The summed E-state index contributed by atoms with van der Waals surface area (Å²) in [5.74, 6) is -1.00. The zero-order valence-corrected chi connectivity index (χ0v) is 18.4. The van der Waals surface area contributed by atoms with Crippen LogP contribution < -0.4 is 16.0 Å². The molecule has 1 spiro atoms. The summed E-state index contributed by atoms with van der Waals surface area (Å²) >= 11 is 6.02. The molecule has 1 aromatic rings. The standard InChI is InChI=1S/C21H27ClN4O4/c1-12-8-20(2,3)11-21(9-12)18(29)26(19(30)25-21)10-16(27)24-13-5-6-15(22)14(7-13)17(28)23-4/h5-7,12H,8-11H2,1-4H3,(H,23,28)(H,24,27)(H,25,30)/t12-,21+/m1/s1. The molecule has 0 unspecified atom stereocenters. The first kappa shape index (κ1) is 22.1. The maximum Gasteiger partial charge on any atom is 0.325 e. The zero-order valence-electron chi connectivity index (χ0n) is 17.6. The van der Waals surface area contributed by atoms with E-state index in [1.165, 1.54) is 19.2 Å². The number of hydrogen-bond donors (Lipinski definition) is 3. The molecule has 0 radical (unpaired) electrons. The molecule has 1 saturated heterocycles. The smallest absolute Gasteiger partial charge is 0.325 e. The summed E-state index contributed by atoms with van der Waals surface area (Å²) in [6.07, 6.45) is 2.08. The number of carbonyl (C=O) groups excluding carboxylic acids is 4. The minimum absolute atomic E-state index is 0.0849. The Morgan fingerprint density at radius 1 is 1.27 bits per heavy atom. The summed E-state index contributed by atoms with van der Waals surface area (Å²) in [5, 5.41) is 8.19. The van der Waals surface area contributed by atoms with Gasteiger partial charge in [0.1, 0.15) is 12.1 Å². The van der Waals surface area contributed by atoms with Crippen molar-refractivity contribution in [3.05, 3.63) is 28.8 Å². The van der Waals surface area contributed by atoms with Crippen molar-refractivity contribution in [2.45, 2.75) is 45.6 Å². The van der Waals surface area contributed by atoms with Gasteiger partial charge in [-0.2, -0.15) is 0 Å². The molecule has 1 aliphatic carbocycles. The predicted octanol–water partition coefficient (Wildman–Crippen LogP) is 2.77. The number of carbonyl (C=O) groups is 4. The van der Waals surface area contributed by atoms with Crippen molar-refractivity contribution >= 4 is 41.0 Å². The van der Waals surface area contributed by atoms with E-state index < -0.39 is 24.0 Å². The average Bonchev–Trinajstić information content (AvgIpc) is 2.84. The molecule has 162 valence electrons. The van der Waals surface area contributed by atoms with E-state index in [1.54, 1.807) is 6.07 Å². The van der Waals surface area contributed by atoms with Gasteiger partial charge in [-0.1, -0.05) is 32.4 Å². The van der Waals surface area contributed by atoms with Crippen molar-refractivity contribution in [3.63, 3.8) is 0 Å². The minimum atomic E-state index is -0.953. The van der Waals surface area contributed by atoms with Crippen LogP contribution in [-0.2, 0) is 9.59 Å². The first-order valence-corrected chi connectivity index (χ1v) is 10.3. The normalized spacial score (nSPS) is 25.2. The molecule has 1 heterocycles. The van der Waals surface area contributed by atoms with Gasteiger partial charge in [0, 0.05) is 12.7 Å². The number of rotatable bonds is 4. The van der Waals surface area contributed by atoms with Gasteiger partial charge < -0.3 is 16.0 Å². The van der Waals surface area contributed by atoms with Crippen molar-refractivity contribution in [2.24, 2.45) is 11.3 Å². The van der Waals surface area contributed by atoms with Crippen LogP contribution in [0.3, 0.4) is 0 Å². The zero-order chi connectivity index (χ0) is 22.3. The van der Waals surface area contributed by atoms with Crippen LogP contribution in [0.5, 0.6) is 0 Å². The molecular weight excluding hydrogens is 408 g/mol. The summed E-state index contributed by atoms with van der Waals surface area (Å²) in [4.78, 5) is 51.1. The molecule has 8 nitrogen and oxygen atoms in total.